The minimum absolute atomic E-state index is 0.137. The molecular formula is C30H30O2. The summed E-state index contributed by atoms with van der Waals surface area (Å²) in [5.41, 5.74) is 8.22. The zero-order valence-corrected chi connectivity index (χ0v) is 18.9. The molecule has 0 N–H and O–H groups in total. The lowest BCUT2D eigenvalue weighted by Gasteiger charge is -2.29. The monoisotopic (exact) mass is 422 g/mol. The Morgan fingerprint density at radius 3 is 1.88 bits per heavy atom. The largest absolute Gasteiger partial charge is 0.384 e. The van der Waals surface area contributed by atoms with Crippen LogP contribution in [0.25, 0.3) is 10.8 Å². The number of hydrogen-bond acceptors (Lipinski definition) is 2. The minimum Gasteiger partial charge on any atom is -0.384 e. The van der Waals surface area contributed by atoms with Crippen LogP contribution in [0.1, 0.15) is 33.4 Å². The van der Waals surface area contributed by atoms with E-state index < -0.39 is 0 Å². The molecule has 0 radical (unpaired) electrons. The van der Waals surface area contributed by atoms with Gasteiger partial charge in [0.15, 0.2) is 0 Å². The topological polar surface area (TPSA) is 18.5 Å². The molecule has 4 aromatic carbocycles. The smallest absolute Gasteiger partial charge is 0.0584 e. The van der Waals surface area contributed by atoms with Crippen LogP contribution in [0.5, 0.6) is 0 Å². The first-order chi connectivity index (χ1) is 15.7. The predicted molar refractivity (Wildman–Crippen MR) is 132 cm³/mol. The molecule has 4 aromatic rings. The molecular weight excluding hydrogens is 392 g/mol. The summed E-state index contributed by atoms with van der Waals surface area (Å²) in [5.74, 6) is 0. The van der Waals surface area contributed by atoms with Crippen molar-refractivity contribution < 1.29 is 9.47 Å². The van der Waals surface area contributed by atoms with Crippen LogP contribution in [0.2, 0.25) is 0 Å². The van der Waals surface area contributed by atoms with E-state index in [9.17, 15) is 0 Å². The third kappa shape index (κ3) is 3.74. The van der Waals surface area contributed by atoms with Gasteiger partial charge < -0.3 is 9.47 Å². The van der Waals surface area contributed by atoms with Gasteiger partial charge in [0.25, 0.3) is 0 Å². The van der Waals surface area contributed by atoms with Crippen LogP contribution >= 0.6 is 0 Å². The highest BCUT2D eigenvalue weighted by Gasteiger charge is 2.41. The Labute approximate surface area is 190 Å². The third-order valence-electron chi connectivity index (χ3n) is 6.85. The standard InChI is InChI=1S/C30H30O2/c1-31-20-30(21-32-2)19-27-25(17-23-12-7-4-8-13-23)18-24(16-22-10-5-3-6-11-22)26-14-9-15-28(30)29(26)27/h3-15,18H,16-17,19-21H2,1-2H3. The van der Waals surface area contributed by atoms with E-state index >= 15 is 0 Å². The molecule has 5 rings (SSSR count). The van der Waals surface area contributed by atoms with Crippen LogP contribution in [-0.4, -0.2) is 27.4 Å². The molecule has 0 bridgehead atoms. The molecule has 0 heterocycles. The van der Waals surface area contributed by atoms with Gasteiger partial charge in [0.05, 0.1) is 13.2 Å². The Morgan fingerprint density at radius 1 is 0.688 bits per heavy atom. The lowest BCUT2D eigenvalue weighted by atomic mass is 9.82. The van der Waals surface area contributed by atoms with E-state index in [-0.39, 0.29) is 5.41 Å². The van der Waals surface area contributed by atoms with E-state index in [1.54, 1.807) is 14.2 Å². The average molecular weight is 423 g/mol. The summed E-state index contributed by atoms with van der Waals surface area (Å²) in [6.45, 7) is 1.32. The normalized spacial score (nSPS) is 14.2. The molecule has 32 heavy (non-hydrogen) atoms. The SMILES string of the molecule is COCC1(COC)Cc2c(Cc3ccccc3)cc(Cc3ccccc3)c3cccc1c23. The van der Waals surface area contributed by atoms with E-state index in [0.717, 1.165) is 19.3 Å². The second-order valence-electron chi connectivity index (χ2n) is 9.05. The summed E-state index contributed by atoms with van der Waals surface area (Å²) in [7, 11) is 3.60. The van der Waals surface area contributed by atoms with Gasteiger partial charge >= 0.3 is 0 Å². The van der Waals surface area contributed by atoms with Crippen LogP contribution < -0.4 is 0 Å². The number of ether oxygens (including phenoxy) is 2. The fraction of sp³-hybridized carbons (Fsp3) is 0.267. The van der Waals surface area contributed by atoms with Crippen molar-refractivity contribution in [2.75, 3.05) is 27.4 Å². The number of benzene rings is 4. The van der Waals surface area contributed by atoms with E-state index in [1.807, 2.05) is 0 Å². The maximum Gasteiger partial charge on any atom is 0.0584 e. The van der Waals surface area contributed by atoms with Gasteiger partial charge in [0.2, 0.25) is 0 Å². The maximum atomic E-state index is 5.75. The minimum atomic E-state index is -0.137. The van der Waals surface area contributed by atoms with Gasteiger partial charge in [-0.2, -0.15) is 0 Å². The molecule has 0 fully saturated rings. The molecule has 0 aromatic heterocycles. The van der Waals surface area contributed by atoms with Crippen molar-refractivity contribution in [1.82, 2.24) is 0 Å². The number of methoxy groups -OCH3 is 2. The van der Waals surface area contributed by atoms with Crippen LogP contribution in [0, 0.1) is 0 Å². The fourth-order valence-corrected chi connectivity index (χ4v) is 5.55. The summed E-state index contributed by atoms with van der Waals surface area (Å²) in [5, 5.41) is 2.79. The quantitative estimate of drug-likeness (QED) is 0.341. The van der Waals surface area contributed by atoms with Gasteiger partial charge in [-0.25, -0.2) is 0 Å². The molecule has 0 saturated heterocycles. The first kappa shape index (κ1) is 20.9. The number of hydrogen-bond donors (Lipinski definition) is 0. The van der Waals surface area contributed by atoms with Crippen molar-refractivity contribution in [3.63, 3.8) is 0 Å². The van der Waals surface area contributed by atoms with Gasteiger partial charge in [-0.3, -0.25) is 0 Å². The van der Waals surface area contributed by atoms with Crippen molar-refractivity contribution >= 4 is 10.8 Å². The fourth-order valence-electron chi connectivity index (χ4n) is 5.55. The van der Waals surface area contributed by atoms with Gasteiger partial charge in [0.1, 0.15) is 0 Å². The maximum absolute atomic E-state index is 5.75. The van der Waals surface area contributed by atoms with Gasteiger partial charge in [-0.05, 0) is 63.4 Å². The Morgan fingerprint density at radius 2 is 1.28 bits per heavy atom. The predicted octanol–water partition coefficient (Wildman–Crippen LogP) is 6.11. The molecule has 1 aliphatic rings. The molecule has 1 aliphatic carbocycles. The zero-order chi connectivity index (χ0) is 22.0. The highest BCUT2D eigenvalue weighted by atomic mass is 16.5. The van der Waals surface area contributed by atoms with Crippen molar-refractivity contribution in [2.24, 2.45) is 0 Å². The lowest BCUT2D eigenvalue weighted by Crippen LogP contribution is -2.36. The summed E-state index contributed by atoms with van der Waals surface area (Å²) >= 11 is 0. The second-order valence-corrected chi connectivity index (χ2v) is 9.05. The Bertz CT molecular complexity index is 1210. The molecule has 0 amide bonds. The summed E-state index contributed by atoms with van der Waals surface area (Å²) in [6.07, 6.45) is 2.83. The van der Waals surface area contributed by atoms with Crippen molar-refractivity contribution in [2.45, 2.75) is 24.7 Å². The van der Waals surface area contributed by atoms with Crippen LogP contribution in [0.15, 0.2) is 84.9 Å². The van der Waals surface area contributed by atoms with Crippen LogP contribution in [0.4, 0.5) is 0 Å². The third-order valence-corrected chi connectivity index (χ3v) is 6.85. The van der Waals surface area contributed by atoms with E-state index in [2.05, 4.69) is 84.9 Å². The van der Waals surface area contributed by atoms with E-state index in [1.165, 1.54) is 44.2 Å². The molecule has 2 heteroatoms. The molecule has 0 atom stereocenters. The summed E-state index contributed by atoms with van der Waals surface area (Å²) < 4.78 is 11.5. The molecule has 0 saturated carbocycles. The highest BCUT2D eigenvalue weighted by molar-refractivity contribution is 5.96. The molecule has 162 valence electrons. The van der Waals surface area contributed by atoms with Gasteiger partial charge in [-0.15, -0.1) is 0 Å². The van der Waals surface area contributed by atoms with Crippen LogP contribution in [0.3, 0.4) is 0 Å². The Kier molecular flexibility index (Phi) is 5.82. The van der Waals surface area contributed by atoms with Crippen molar-refractivity contribution in [3.05, 3.63) is 118 Å². The Balaban J connectivity index is 1.71. The lowest BCUT2D eigenvalue weighted by molar-refractivity contribution is 0.0623. The average Bonchev–Trinajstić information content (AvgIpc) is 3.14. The zero-order valence-electron chi connectivity index (χ0n) is 18.9. The van der Waals surface area contributed by atoms with Crippen molar-refractivity contribution in [3.8, 4) is 0 Å². The van der Waals surface area contributed by atoms with Gasteiger partial charge in [0, 0.05) is 19.6 Å². The summed E-state index contributed by atoms with van der Waals surface area (Å²) in [6, 6.07) is 30.8. The van der Waals surface area contributed by atoms with Crippen LogP contribution in [-0.2, 0) is 34.2 Å². The molecule has 0 aliphatic heterocycles. The highest BCUT2D eigenvalue weighted by Crippen LogP contribution is 2.46. The van der Waals surface area contributed by atoms with Crippen molar-refractivity contribution in [1.29, 1.82) is 0 Å². The second kappa shape index (κ2) is 8.90. The van der Waals surface area contributed by atoms with Gasteiger partial charge in [-0.1, -0.05) is 84.9 Å². The summed E-state index contributed by atoms with van der Waals surface area (Å²) in [4.78, 5) is 0. The molecule has 2 nitrogen and oxygen atoms in total. The molecule has 0 spiro atoms. The first-order valence-corrected chi connectivity index (χ1v) is 11.4. The van der Waals surface area contributed by atoms with E-state index in [0.29, 0.717) is 13.2 Å². The van der Waals surface area contributed by atoms with E-state index in [4.69, 9.17) is 9.47 Å². The molecule has 0 unspecified atom stereocenters. The first-order valence-electron chi connectivity index (χ1n) is 11.4. The number of rotatable bonds is 8. The Hall–Kier alpha value is -2.94.